The predicted octanol–water partition coefficient (Wildman–Crippen LogP) is 11.0. The molecule has 3 aromatic carbocycles. The molecule has 1 N–H and O–H groups in total. The summed E-state index contributed by atoms with van der Waals surface area (Å²) in [5.41, 5.74) is 10.6. The average Bonchev–Trinajstić information content (AvgIpc) is 3.44. The van der Waals surface area contributed by atoms with Crippen molar-refractivity contribution < 1.29 is 30.9 Å². The van der Waals surface area contributed by atoms with Crippen LogP contribution in [0.1, 0.15) is 130 Å². The number of aromatic nitrogens is 2. The molecule has 7 rings (SSSR count). The topological polar surface area (TPSA) is 70.8 Å². The first-order valence-electron chi connectivity index (χ1n) is 18.1. The standard InChI is InChI=1S/C44H49N4O2.Pt/c1-24(2)29-19-30(21-31(20-29)50-38-18-27(7)35-23-45-28(8)42(49)40(35)46-38)43-47-39-34-14-11-12-17-36(34)44(9,10)22-37(39)48(43)41-32(25(3)4)15-13-16-33(41)26(5)6;/h11-20,23-26,37,39,49H,22H2,1-10H3;/q-1;/t37-,39-;/m0./s1. The molecular formula is C44H49N4O2Pt-. The SMILES string of the molecule is Cc1ncc2c(C)cc(Oc3[c-]c(C4=N[C@H]5c6ccccc6C(C)(C)C[C@@H]5N4c4c(C(C)C)cccc4C(C)C)cc(C(C)C)c3)nc2c1O.[Pt]. The number of amidine groups is 1. The smallest absolute Gasteiger partial charge is 0.218 e. The van der Waals surface area contributed by atoms with E-state index in [2.05, 4.69) is 126 Å². The van der Waals surface area contributed by atoms with Crippen molar-refractivity contribution in [2.75, 3.05) is 4.90 Å². The molecule has 268 valence electrons. The van der Waals surface area contributed by atoms with E-state index in [4.69, 9.17) is 14.7 Å². The third-order valence-electron chi connectivity index (χ3n) is 10.7. The van der Waals surface area contributed by atoms with Gasteiger partial charge in [0.05, 0.1) is 23.6 Å². The number of hydrogen-bond donors (Lipinski definition) is 1. The molecule has 0 amide bonds. The Morgan fingerprint density at radius 3 is 2.25 bits per heavy atom. The van der Waals surface area contributed by atoms with Gasteiger partial charge in [-0.15, -0.1) is 17.2 Å². The number of aliphatic imine (C=N–C) groups is 1. The summed E-state index contributed by atoms with van der Waals surface area (Å²) in [4.78, 5) is 17.3. The maximum Gasteiger partial charge on any atom is 0.218 e. The van der Waals surface area contributed by atoms with Crippen LogP contribution < -0.4 is 9.64 Å². The van der Waals surface area contributed by atoms with Crippen molar-refractivity contribution in [3.63, 3.8) is 0 Å². The van der Waals surface area contributed by atoms with Gasteiger partial charge in [0.1, 0.15) is 5.52 Å². The molecule has 0 saturated carbocycles. The van der Waals surface area contributed by atoms with Crippen LogP contribution in [-0.2, 0) is 26.5 Å². The molecular weight excluding hydrogens is 812 g/mol. The molecule has 0 spiro atoms. The second-order valence-corrected chi connectivity index (χ2v) is 15.8. The summed E-state index contributed by atoms with van der Waals surface area (Å²) in [6.07, 6.45) is 2.73. The van der Waals surface area contributed by atoms with Crippen LogP contribution >= 0.6 is 0 Å². The molecule has 2 aromatic heterocycles. The van der Waals surface area contributed by atoms with Crippen molar-refractivity contribution in [1.29, 1.82) is 0 Å². The number of aryl methyl sites for hydroxylation is 2. The van der Waals surface area contributed by atoms with Crippen LogP contribution in [0.2, 0.25) is 0 Å². The zero-order valence-corrected chi connectivity index (χ0v) is 33.7. The van der Waals surface area contributed by atoms with Crippen molar-refractivity contribution >= 4 is 22.4 Å². The Balaban J connectivity index is 0.00000448. The molecule has 1 aliphatic carbocycles. The first kappa shape index (κ1) is 36.8. The Bertz CT molecular complexity index is 2130. The normalized spacial score (nSPS) is 17.8. The molecule has 0 saturated heterocycles. The summed E-state index contributed by atoms with van der Waals surface area (Å²) in [7, 11) is 0. The fourth-order valence-electron chi connectivity index (χ4n) is 7.95. The second-order valence-electron chi connectivity index (χ2n) is 15.8. The molecule has 1 aliphatic heterocycles. The van der Waals surface area contributed by atoms with Gasteiger partial charge >= 0.3 is 0 Å². The number of nitrogens with zero attached hydrogens (tertiary/aromatic N) is 4. The minimum atomic E-state index is -0.0252. The third kappa shape index (κ3) is 6.50. The van der Waals surface area contributed by atoms with E-state index in [-0.39, 0.29) is 50.2 Å². The minimum Gasteiger partial charge on any atom is -0.504 e. The molecule has 51 heavy (non-hydrogen) atoms. The van der Waals surface area contributed by atoms with Crippen LogP contribution in [-0.4, -0.2) is 27.0 Å². The van der Waals surface area contributed by atoms with E-state index in [1.165, 1.54) is 27.9 Å². The first-order valence-corrected chi connectivity index (χ1v) is 18.1. The first-order chi connectivity index (χ1) is 23.7. The van der Waals surface area contributed by atoms with Crippen molar-refractivity contribution in [3.05, 3.63) is 118 Å². The van der Waals surface area contributed by atoms with Gasteiger partial charge < -0.3 is 19.7 Å². The van der Waals surface area contributed by atoms with Gasteiger partial charge in [-0.25, -0.2) is 4.98 Å². The minimum absolute atomic E-state index is 0. The summed E-state index contributed by atoms with van der Waals surface area (Å²) in [6.45, 7) is 22.1. The van der Waals surface area contributed by atoms with E-state index < -0.39 is 0 Å². The molecule has 5 aromatic rings. The van der Waals surface area contributed by atoms with E-state index in [9.17, 15) is 5.11 Å². The van der Waals surface area contributed by atoms with Crippen LogP contribution in [0.25, 0.3) is 10.9 Å². The Morgan fingerprint density at radius 2 is 1.59 bits per heavy atom. The number of hydrogen-bond acceptors (Lipinski definition) is 6. The third-order valence-corrected chi connectivity index (χ3v) is 10.7. The van der Waals surface area contributed by atoms with Crippen LogP contribution in [0.4, 0.5) is 5.69 Å². The number of aromatic hydroxyl groups is 1. The molecule has 0 radical (unpaired) electrons. The van der Waals surface area contributed by atoms with Crippen molar-refractivity contribution in [1.82, 2.24) is 9.97 Å². The zero-order chi connectivity index (χ0) is 35.6. The number of rotatable bonds is 7. The summed E-state index contributed by atoms with van der Waals surface area (Å²) in [5.74, 6) is 2.87. The van der Waals surface area contributed by atoms with Gasteiger partial charge in [0.2, 0.25) is 5.88 Å². The molecule has 2 atom stereocenters. The summed E-state index contributed by atoms with van der Waals surface area (Å²) in [6, 6.07) is 25.7. The van der Waals surface area contributed by atoms with Crippen LogP contribution in [0.3, 0.4) is 0 Å². The fourth-order valence-corrected chi connectivity index (χ4v) is 7.95. The molecule has 7 heteroatoms. The Kier molecular flexibility index (Phi) is 9.98. The van der Waals surface area contributed by atoms with E-state index in [0.29, 0.717) is 34.7 Å². The number of pyridine rings is 2. The van der Waals surface area contributed by atoms with Gasteiger partial charge in [-0.3, -0.25) is 4.98 Å². The Labute approximate surface area is 317 Å². The zero-order valence-electron chi connectivity index (χ0n) is 31.4. The van der Waals surface area contributed by atoms with E-state index in [0.717, 1.165) is 34.3 Å². The number of ether oxygens (including phenoxy) is 1. The maximum atomic E-state index is 10.8. The Morgan fingerprint density at radius 1 is 0.902 bits per heavy atom. The average molecular weight is 861 g/mol. The number of fused-ring (bicyclic) bond motifs is 4. The molecule has 0 fully saturated rings. The van der Waals surface area contributed by atoms with Crippen LogP contribution in [0, 0.1) is 19.9 Å². The molecule has 2 aliphatic rings. The van der Waals surface area contributed by atoms with Gasteiger partial charge in [-0.1, -0.05) is 110 Å². The van der Waals surface area contributed by atoms with Gasteiger partial charge in [-0.2, -0.15) is 0 Å². The number of benzene rings is 3. The molecule has 6 nitrogen and oxygen atoms in total. The van der Waals surface area contributed by atoms with Crippen molar-refractivity contribution in [3.8, 4) is 17.4 Å². The van der Waals surface area contributed by atoms with Crippen molar-refractivity contribution in [2.45, 2.75) is 111 Å². The van der Waals surface area contributed by atoms with Gasteiger partial charge in [0.25, 0.3) is 0 Å². The van der Waals surface area contributed by atoms with E-state index >= 15 is 0 Å². The molecule has 0 unspecified atom stereocenters. The molecule has 3 heterocycles. The van der Waals surface area contributed by atoms with E-state index in [1.807, 2.05) is 13.0 Å². The summed E-state index contributed by atoms with van der Waals surface area (Å²) < 4.78 is 6.55. The van der Waals surface area contributed by atoms with Gasteiger partial charge in [0, 0.05) is 50.2 Å². The monoisotopic (exact) mass is 860 g/mol. The second kappa shape index (κ2) is 13.8. The fraction of sp³-hybridized carbons (Fsp3) is 0.386. The quantitative estimate of drug-likeness (QED) is 0.165. The van der Waals surface area contributed by atoms with Crippen LogP contribution in [0.15, 0.2) is 71.9 Å². The van der Waals surface area contributed by atoms with Crippen molar-refractivity contribution in [2.24, 2.45) is 4.99 Å². The van der Waals surface area contributed by atoms with Gasteiger partial charge in [0.15, 0.2) is 5.75 Å². The van der Waals surface area contributed by atoms with Crippen LogP contribution in [0.5, 0.6) is 17.4 Å². The number of anilines is 1. The summed E-state index contributed by atoms with van der Waals surface area (Å²) >= 11 is 0. The largest absolute Gasteiger partial charge is 0.504 e. The van der Waals surface area contributed by atoms with Gasteiger partial charge in [-0.05, 0) is 71.3 Å². The number of para-hydroxylation sites is 1. The van der Waals surface area contributed by atoms with E-state index in [1.54, 1.807) is 13.1 Å². The summed E-state index contributed by atoms with van der Waals surface area (Å²) in [5, 5.41) is 11.6. The maximum absolute atomic E-state index is 10.8. The Hall–Kier alpha value is -4.02. The molecule has 0 bridgehead atoms. The predicted molar refractivity (Wildman–Crippen MR) is 204 cm³/mol.